The molecule has 0 aromatic heterocycles. The molecule has 0 fully saturated rings. The number of para-hydroxylation sites is 1. The van der Waals surface area contributed by atoms with Gasteiger partial charge >= 0.3 is 0 Å². The van der Waals surface area contributed by atoms with Crippen molar-refractivity contribution in [3.63, 3.8) is 0 Å². The van der Waals surface area contributed by atoms with Gasteiger partial charge in [-0.3, -0.25) is 5.43 Å². The molecule has 2 rings (SSSR count). The maximum Gasteiger partial charge on any atom is 0.187 e. The smallest absolute Gasteiger partial charge is 0.187 e. The van der Waals surface area contributed by atoms with Crippen molar-refractivity contribution >= 4 is 46.7 Å². The predicted molar refractivity (Wildman–Crippen MR) is 115 cm³/mol. The van der Waals surface area contributed by atoms with E-state index in [-0.39, 0.29) is 6.61 Å². The van der Waals surface area contributed by atoms with Gasteiger partial charge in [0, 0.05) is 27.7 Å². The van der Waals surface area contributed by atoms with Crippen LogP contribution in [-0.4, -0.2) is 25.0 Å². The number of hydrogen-bond acceptors (Lipinski definition) is 4. The summed E-state index contributed by atoms with van der Waals surface area (Å²) in [5, 5.41) is 8.50. The molecule has 0 amide bonds. The highest BCUT2D eigenvalue weighted by Gasteiger charge is 2.12. The van der Waals surface area contributed by atoms with Gasteiger partial charge in [0.2, 0.25) is 0 Å². The SMILES string of the molecule is C=CCNC(=S)NN=Cc1cccc(OC)c1OCc1c(Cl)cccc1Cl. The molecule has 142 valence electrons. The molecule has 2 N–H and O–H groups in total. The number of thiocarbonyl (C=S) groups is 1. The topological polar surface area (TPSA) is 54.9 Å². The molecule has 27 heavy (non-hydrogen) atoms. The van der Waals surface area contributed by atoms with Crippen LogP contribution in [0.15, 0.2) is 54.2 Å². The number of nitrogens with zero attached hydrogens (tertiary/aromatic N) is 1. The Morgan fingerprint density at radius 2 is 1.93 bits per heavy atom. The quantitative estimate of drug-likeness (QED) is 0.282. The molecule has 0 bridgehead atoms. The van der Waals surface area contributed by atoms with Gasteiger partial charge in [-0.1, -0.05) is 41.4 Å². The number of methoxy groups -OCH3 is 1. The summed E-state index contributed by atoms with van der Waals surface area (Å²) in [6, 6.07) is 10.8. The van der Waals surface area contributed by atoms with Gasteiger partial charge in [0.15, 0.2) is 16.6 Å². The van der Waals surface area contributed by atoms with Gasteiger partial charge < -0.3 is 14.8 Å². The molecule has 0 aliphatic rings. The van der Waals surface area contributed by atoms with Crippen molar-refractivity contribution < 1.29 is 9.47 Å². The van der Waals surface area contributed by atoms with E-state index in [4.69, 9.17) is 44.9 Å². The zero-order chi connectivity index (χ0) is 19.6. The molecule has 0 saturated carbocycles. The number of hydrogen-bond donors (Lipinski definition) is 2. The fraction of sp³-hybridized carbons (Fsp3) is 0.158. The van der Waals surface area contributed by atoms with E-state index in [9.17, 15) is 0 Å². The van der Waals surface area contributed by atoms with Crippen LogP contribution in [0.25, 0.3) is 0 Å². The molecule has 0 unspecified atom stereocenters. The van der Waals surface area contributed by atoms with Crippen molar-refractivity contribution in [1.82, 2.24) is 10.7 Å². The maximum absolute atomic E-state index is 6.21. The van der Waals surface area contributed by atoms with E-state index in [1.54, 1.807) is 43.7 Å². The summed E-state index contributed by atoms with van der Waals surface area (Å²) in [7, 11) is 1.57. The fourth-order valence-corrected chi connectivity index (χ4v) is 2.77. The Morgan fingerprint density at radius 1 is 1.22 bits per heavy atom. The van der Waals surface area contributed by atoms with E-state index in [1.807, 2.05) is 12.1 Å². The number of nitrogens with one attached hydrogen (secondary N) is 2. The highest BCUT2D eigenvalue weighted by Crippen LogP contribution is 2.32. The standard InChI is InChI=1S/C19H19Cl2N3O2S/c1-3-10-22-19(27)24-23-11-13-6-4-9-17(25-2)18(13)26-12-14-15(20)7-5-8-16(14)21/h3-9,11H,1,10,12H2,2H3,(H2,22,24,27). The van der Waals surface area contributed by atoms with E-state index in [0.717, 1.165) is 0 Å². The van der Waals surface area contributed by atoms with Gasteiger partial charge in [-0.05, 0) is 36.5 Å². The van der Waals surface area contributed by atoms with E-state index in [0.29, 0.717) is 44.3 Å². The first-order valence-corrected chi connectivity index (χ1v) is 9.13. The lowest BCUT2D eigenvalue weighted by atomic mass is 10.2. The van der Waals surface area contributed by atoms with E-state index in [1.165, 1.54) is 0 Å². The van der Waals surface area contributed by atoms with Crippen molar-refractivity contribution in [2.24, 2.45) is 5.10 Å². The van der Waals surface area contributed by atoms with Crippen LogP contribution >= 0.6 is 35.4 Å². The summed E-state index contributed by atoms with van der Waals surface area (Å²) in [5.74, 6) is 1.08. The number of benzene rings is 2. The lowest BCUT2D eigenvalue weighted by Gasteiger charge is -2.14. The molecule has 2 aromatic rings. The minimum absolute atomic E-state index is 0.187. The number of hydrazone groups is 1. The molecular weight excluding hydrogens is 405 g/mol. The average Bonchev–Trinajstić information content (AvgIpc) is 2.66. The summed E-state index contributed by atoms with van der Waals surface area (Å²) >= 11 is 17.5. The van der Waals surface area contributed by atoms with Gasteiger partial charge in [0.1, 0.15) is 6.61 Å². The van der Waals surface area contributed by atoms with E-state index >= 15 is 0 Å². The zero-order valence-corrected chi connectivity index (χ0v) is 17.0. The first-order chi connectivity index (χ1) is 13.1. The normalized spacial score (nSPS) is 10.5. The average molecular weight is 424 g/mol. The molecule has 0 aliphatic heterocycles. The largest absolute Gasteiger partial charge is 0.493 e. The van der Waals surface area contributed by atoms with Crippen LogP contribution in [0.1, 0.15) is 11.1 Å². The van der Waals surface area contributed by atoms with Crippen molar-refractivity contribution in [2.45, 2.75) is 6.61 Å². The van der Waals surface area contributed by atoms with Gasteiger partial charge in [-0.25, -0.2) is 0 Å². The van der Waals surface area contributed by atoms with Crippen molar-refractivity contribution in [3.05, 3.63) is 70.2 Å². The molecule has 5 nitrogen and oxygen atoms in total. The molecule has 0 radical (unpaired) electrons. The Labute approximate surface area is 174 Å². The van der Waals surface area contributed by atoms with Crippen LogP contribution in [0.2, 0.25) is 10.0 Å². The fourth-order valence-electron chi connectivity index (χ4n) is 2.13. The van der Waals surface area contributed by atoms with Crippen LogP contribution in [0, 0.1) is 0 Å². The zero-order valence-electron chi connectivity index (χ0n) is 14.7. The Balaban J connectivity index is 2.17. The molecular formula is C19H19Cl2N3O2S. The molecule has 2 aromatic carbocycles. The number of halogens is 2. The minimum Gasteiger partial charge on any atom is -0.493 e. The first-order valence-electron chi connectivity index (χ1n) is 7.97. The third kappa shape index (κ3) is 6.13. The van der Waals surface area contributed by atoms with Crippen molar-refractivity contribution in [2.75, 3.05) is 13.7 Å². The summed E-state index contributed by atoms with van der Waals surface area (Å²) in [5.41, 5.74) is 4.13. The van der Waals surface area contributed by atoms with Crippen LogP contribution < -0.4 is 20.2 Å². The summed E-state index contributed by atoms with van der Waals surface area (Å²) in [6.45, 7) is 4.35. The third-order valence-electron chi connectivity index (χ3n) is 3.43. The van der Waals surface area contributed by atoms with Gasteiger partial charge in [-0.2, -0.15) is 5.10 Å². The molecule has 0 aliphatic carbocycles. The van der Waals surface area contributed by atoms with E-state index < -0.39 is 0 Å². The first kappa shape index (κ1) is 21.0. The minimum atomic E-state index is 0.187. The highest BCUT2D eigenvalue weighted by atomic mass is 35.5. The van der Waals surface area contributed by atoms with E-state index in [2.05, 4.69) is 22.4 Å². The Morgan fingerprint density at radius 3 is 2.59 bits per heavy atom. The molecule has 0 atom stereocenters. The molecule has 0 saturated heterocycles. The second kappa shape index (κ2) is 10.8. The monoisotopic (exact) mass is 423 g/mol. The Kier molecular flexibility index (Phi) is 8.39. The third-order valence-corrected chi connectivity index (χ3v) is 4.37. The molecule has 0 spiro atoms. The van der Waals surface area contributed by atoms with Gasteiger partial charge in [0.25, 0.3) is 0 Å². The van der Waals surface area contributed by atoms with Gasteiger partial charge in [0.05, 0.1) is 13.3 Å². The summed E-state index contributed by atoms with van der Waals surface area (Å²) in [6.07, 6.45) is 3.29. The predicted octanol–water partition coefficient (Wildman–Crippen LogP) is 4.57. The molecule has 8 heteroatoms. The summed E-state index contributed by atoms with van der Waals surface area (Å²) < 4.78 is 11.3. The van der Waals surface area contributed by atoms with Crippen molar-refractivity contribution in [3.8, 4) is 11.5 Å². The van der Waals surface area contributed by atoms with Crippen LogP contribution in [0.3, 0.4) is 0 Å². The number of ether oxygens (including phenoxy) is 2. The summed E-state index contributed by atoms with van der Waals surface area (Å²) in [4.78, 5) is 0. The van der Waals surface area contributed by atoms with Crippen LogP contribution in [0.4, 0.5) is 0 Å². The second-order valence-corrected chi connectivity index (χ2v) is 6.46. The maximum atomic E-state index is 6.21. The lowest BCUT2D eigenvalue weighted by molar-refractivity contribution is 0.284. The van der Waals surface area contributed by atoms with Crippen LogP contribution in [-0.2, 0) is 6.61 Å². The number of rotatable bonds is 8. The van der Waals surface area contributed by atoms with Crippen molar-refractivity contribution in [1.29, 1.82) is 0 Å². The highest BCUT2D eigenvalue weighted by molar-refractivity contribution is 7.80. The molecule has 0 heterocycles. The Hall–Kier alpha value is -2.28. The van der Waals surface area contributed by atoms with Crippen LogP contribution in [0.5, 0.6) is 11.5 Å². The lowest BCUT2D eigenvalue weighted by Crippen LogP contribution is -2.31. The van der Waals surface area contributed by atoms with Gasteiger partial charge in [-0.15, -0.1) is 6.58 Å². The Bertz CT molecular complexity index is 823. The second-order valence-electron chi connectivity index (χ2n) is 5.24.